The van der Waals surface area contributed by atoms with Crippen molar-refractivity contribution in [1.82, 2.24) is 14.4 Å². The lowest BCUT2D eigenvalue weighted by molar-refractivity contribution is -0.122. The number of hydrogen-bond donors (Lipinski definition) is 3. The Morgan fingerprint density at radius 1 is 1.12 bits per heavy atom. The van der Waals surface area contributed by atoms with E-state index >= 15 is 0 Å². The van der Waals surface area contributed by atoms with E-state index in [2.05, 4.69) is 10.1 Å². The monoisotopic (exact) mass is 476 g/mol. The number of nitrogens with zero attached hydrogens (tertiary/aromatic N) is 3. The molecule has 0 radical (unpaired) electrons. The van der Waals surface area contributed by atoms with Crippen molar-refractivity contribution in [2.45, 2.75) is 24.9 Å². The van der Waals surface area contributed by atoms with E-state index in [1.807, 2.05) is 0 Å². The van der Waals surface area contributed by atoms with Gasteiger partial charge < -0.3 is 29.7 Å². The highest BCUT2D eigenvalue weighted by Gasteiger charge is 2.37. The van der Waals surface area contributed by atoms with Crippen LogP contribution >= 0.6 is 0 Å². The summed E-state index contributed by atoms with van der Waals surface area (Å²) in [6, 6.07) is 0.722. The molecule has 1 atom stereocenters. The molecule has 13 heteroatoms. The maximum atomic E-state index is 14.9. The normalized spacial score (nSPS) is 18.0. The Balaban J connectivity index is 1.72. The summed E-state index contributed by atoms with van der Waals surface area (Å²) in [6.07, 6.45) is 0.170. The minimum absolute atomic E-state index is 0.0227. The SMILES string of the molecule is COC(=O)c1cn(C2CC2)c2cc(NC(=O)C3CN(C(=O)O)CCN3C(=O)O)c(F)cc2c1=O. The number of carbonyl (C=O) groups excluding carboxylic acids is 2. The zero-order chi connectivity index (χ0) is 24.7. The Morgan fingerprint density at radius 2 is 1.82 bits per heavy atom. The second-order valence-electron chi connectivity index (χ2n) is 8.06. The van der Waals surface area contributed by atoms with Crippen LogP contribution in [0.15, 0.2) is 23.1 Å². The second-order valence-corrected chi connectivity index (χ2v) is 8.06. The fourth-order valence-electron chi connectivity index (χ4n) is 4.00. The number of aromatic nitrogens is 1. The number of halogens is 1. The van der Waals surface area contributed by atoms with Gasteiger partial charge in [0.25, 0.3) is 0 Å². The molecule has 4 rings (SSSR count). The number of esters is 1. The first-order valence-electron chi connectivity index (χ1n) is 10.4. The Bertz CT molecular complexity index is 1270. The Labute approximate surface area is 191 Å². The summed E-state index contributed by atoms with van der Waals surface area (Å²) in [5.41, 5.74) is -0.999. The van der Waals surface area contributed by atoms with Crippen molar-refractivity contribution in [3.63, 3.8) is 0 Å². The van der Waals surface area contributed by atoms with Gasteiger partial charge in [0, 0.05) is 30.7 Å². The van der Waals surface area contributed by atoms with Gasteiger partial charge in [-0.25, -0.2) is 18.8 Å². The minimum Gasteiger partial charge on any atom is -0.465 e. The summed E-state index contributed by atoms with van der Waals surface area (Å²) >= 11 is 0. The van der Waals surface area contributed by atoms with Crippen LogP contribution in [0.25, 0.3) is 10.9 Å². The van der Waals surface area contributed by atoms with E-state index in [1.165, 1.54) is 12.3 Å². The van der Waals surface area contributed by atoms with E-state index in [9.17, 15) is 38.6 Å². The predicted molar refractivity (Wildman–Crippen MR) is 115 cm³/mol. The third-order valence-electron chi connectivity index (χ3n) is 5.92. The van der Waals surface area contributed by atoms with E-state index in [4.69, 9.17) is 0 Å². The summed E-state index contributed by atoms with van der Waals surface area (Å²) in [7, 11) is 1.13. The maximum absolute atomic E-state index is 14.9. The fourth-order valence-corrected chi connectivity index (χ4v) is 4.00. The largest absolute Gasteiger partial charge is 0.465 e. The highest BCUT2D eigenvalue weighted by atomic mass is 19.1. The number of amides is 3. The van der Waals surface area contributed by atoms with Crippen LogP contribution in [-0.4, -0.2) is 81.4 Å². The number of carboxylic acid groups (broad SMARTS) is 2. The van der Waals surface area contributed by atoms with Gasteiger partial charge in [0.05, 0.1) is 24.9 Å². The van der Waals surface area contributed by atoms with Gasteiger partial charge in [-0.05, 0) is 25.0 Å². The molecule has 3 N–H and O–H groups in total. The van der Waals surface area contributed by atoms with Gasteiger partial charge in [-0.2, -0.15) is 0 Å². The number of fused-ring (bicyclic) bond motifs is 1. The van der Waals surface area contributed by atoms with Crippen LogP contribution in [0.2, 0.25) is 0 Å². The molecule has 0 spiro atoms. The number of methoxy groups -OCH3 is 1. The van der Waals surface area contributed by atoms with Gasteiger partial charge in [-0.15, -0.1) is 0 Å². The second kappa shape index (κ2) is 8.65. The molecule has 1 saturated carbocycles. The van der Waals surface area contributed by atoms with Crippen LogP contribution < -0.4 is 10.7 Å². The van der Waals surface area contributed by atoms with Crippen molar-refractivity contribution in [3.8, 4) is 0 Å². The number of pyridine rings is 1. The van der Waals surface area contributed by atoms with E-state index in [0.29, 0.717) is 0 Å². The molecule has 1 aliphatic heterocycles. The maximum Gasteiger partial charge on any atom is 0.408 e. The molecule has 1 aromatic carbocycles. The lowest BCUT2D eigenvalue weighted by atomic mass is 10.1. The zero-order valence-electron chi connectivity index (χ0n) is 18.0. The van der Waals surface area contributed by atoms with Gasteiger partial charge in [0.2, 0.25) is 11.3 Å². The average molecular weight is 476 g/mol. The summed E-state index contributed by atoms with van der Waals surface area (Å²) in [5, 5.41) is 20.9. The Kier molecular flexibility index (Phi) is 5.85. The summed E-state index contributed by atoms with van der Waals surface area (Å²) in [5.74, 6) is -2.75. The van der Waals surface area contributed by atoms with Gasteiger partial charge in [-0.3, -0.25) is 14.5 Å². The molecule has 1 unspecified atom stereocenters. The van der Waals surface area contributed by atoms with Gasteiger partial charge in [0.1, 0.15) is 17.4 Å². The average Bonchev–Trinajstić information content (AvgIpc) is 3.64. The van der Waals surface area contributed by atoms with E-state index in [-0.39, 0.29) is 41.3 Å². The first-order valence-corrected chi connectivity index (χ1v) is 10.4. The predicted octanol–water partition coefficient (Wildman–Crippen LogP) is 1.54. The van der Waals surface area contributed by atoms with Crippen LogP contribution in [0.5, 0.6) is 0 Å². The number of anilines is 1. The standard InChI is InChI=1S/C21H21FN4O8/c1-34-19(29)12-8-26(10-2-3-10)15-7-14(13(22)6-11(15)17(12)27)23-18(28)16-9-24(20(30)31)4-5-25(16)21(32)33/h6-8,10,16H,2-5,9H2,1H3,(H,23,28)(H,30,31)(H,32,33). The van der Waals surface area contributed by atoms with Crippen LogP contribution in [0.1, 0.15) is 29.2 Å². The molecule has 2 heterocycles. The zero-order valence-corrected chi connectivity index (χ0v) is 18.0. The van der Waals surface area contributed by atoms with Crippen molar-refractivity contribution >= 4 is 40.7 Å². The van der Waals surface area contributed by atoms with Crippen molar-refractivity contribution in [2.24, 2.45) is 0 Å². The molecular formula is C21H21FN4O8. The summed E-state index contributed by atoms with van der Waals surface area (Å²) < 4.78 is 21.2. The molecule has 2 fully saturated rings. The molecule has 12 nitrogen and oxygen atoms in total. The third-order valence-corrected chi connectivity index (χ3v) is 5.92. The highest BCUT2D eigenvalue weighted by molar-refractivity contribution is 6.00. The molecule has 0 bridgehead atoms. The molecule has 1 saturated heterocycles. The number of nitrogens with one attached hydrogen (secondary N) is 1. The van der Waals surface area contributed by atoms with E-state index in [1.54, 1.807) is 4.57 Å². The molecule has 2 aromatic rings. The molecule has 34 heavy (non-hydrogen) atoms. The smallest absolute Gasteiger partial charge is 0.408 e. The van der Waals surface area contributed by atoms with Gasteiger partial charge in [-0.1, -0.05) is 0 Å². The first kappa shape index (κ1) is 23.0. The quantitative estimate of drug-likeness (QED) is 0.561. The number of piperazine rings is 1. The first-order chi connectivity index (χ1) is 16.1. The molecule has 1 aromatic heterocycles. The Hall–Kier alpha value is -4.16. The molecule has 3 amide bonds. The van der Waals surface area contributed by atoms with Crippen LogP contribution in [0.4, 0.5) is 19.7 Å². The van der Waals surface area contributed by atoms with Crippen molar-refractivity contribution < 1.29 is 38.5 Å². The number of carbonyl (C=O) groups is 4. The van der Waals surface area contributed by atoms with Crippen molar-refractivity contribution in [3.05, 3.63) is 39.9 Å². The molecule has 2 aliphatic rings. The molecule has 180 valence electrons. The lowest BCUT2D eigenvalue weighted by Gasteiger charge is -2.37. The Morgan fingerprint density at radius 3 is 2.41 bits per heavy atom. The number of hydrogen-bond acceptors (Lipinski definition) is 6. The minimum atomic E-state index is -1.41. The van der Waals surface area contributed by atoms with E-state index in [0.717, 1.165) is 35.8 Å². The fraction of sp³-hybridized carbons (Fsp3) is 0.381. The van der Waals surface area contributed by atoms with Gasteiger partial charge >= 0.3 is 18.2 Å². The van der Waals surface area contributed by atoms with Crippen LogP contribution in [-0.2, 0) is 9.53 Å². The topological polar surface area (TPSA) is 158 Å². The highest BCUT2D eigenvalue weighted by Crippen LogP contribution is 2.37. The third kappa shape index (κ3) is 4.11. The molecule has 1 aliphatic carbocycles. The summed E-state index contributed by atoms with van der Waals surface area (Å²) in [4.78, 5) is 62.2. The number of benzene rings is 1. The van der Waals surface area contributed by atoms with Crippen molar-refractivity contribution in [1.29, 1.82) is 0 Å². The van der Waals surface area contributed by atoms with Crippen molar-refractivity contribution in [2.75, 3.05) is 32.1 Å². The van der Waals surface area contributed by atoms with Crippen LogP contribution in [0.3, 0.4) is 0 Å². The van der Waals surface area contributed by atoms with Gasteiger partial charge in [0.15, 0.2) is 0 Å². The number of rotatable bonds is 4. The number of ether oxygens (including phenoxy) is 1. The van der Waals surface area contributed by atoms with Crippen LogP contribution in [0, 0.1) is 5.82 Å². The molecular weight excluding hydrogens is 455 g/mol. The lowest BCUT2D eigenvalue weighted by Crippen LogP contribution is -2.60. The van der Waals surface area contributed by atoms with E-state index < -0.39 is 47.9 Å². The summed E-state index contributed by atoms with van der Waals surface area (Å²) in [6.45, 7) is -0.749.